The van der Waals surface area contributed by atoms with E-state index < -0.39 is 0 Å². The zero-order chi connectivity index (χ0) is 14.2. The Morgan fingerprint density at radius 2 is 1.95 bits per heavy atom. The van der Waals surface area contributed by atoms with Gasteiger partial charge in [0.1, 0.15) is 0 Å². The van der Waals surface area contributed by atoms with Crippen LogP contribution < -0.4 is 10.6 Å². The van der Waals surface area contributed by atoms with Gasteiger partial charge in [-0.3, -0.25) is 19.6 Å². The van der Waals surface area contributed by atoms with E-state index in [4.69, 9.17) is 0 Å². The minimum Gasteiger partial charge on any atom is -0.349 e. The van der Waals surface area contributed by atoms with Crippen LogP contribution in [0.3, 0.4) is 0 Å². The highest BCUT2D eigenvalue weighted by molar-refractivity contribution is 5.96. The van der Waals surface area contributed by atoms with Gasteiger partial charge in [-0.25, -0.2) is 0 Å². The number of rotatable bonds is 5. The van der Waals surface area contributed by atoms with E-state index in [1.165, 1.54) is 6.20 Å². The van der Waals surface area contributed by atoms with Crippen LogP contribution in [0, 0.1) is 0 Å². The summed E-state index contributed by atoms with van der Waals surface area (Å²) in [5, 5.41) is 5.20. The van der Waals surface area contributed by atoms with Gasteiger partial charge in [0.05, 0.1) is 24.3 Å². The van der Waals surface area contributed by atoms with Crippen molar-refractivity contribution < 1.29 is 9.59 Å². The van der Waals surface area contributed by atoms with E-state index in [0.717, 1.165) is 5.69 Å². The molecule has 0 saturated heterocycles. The van der Waals surface area contributed by atoms with E-state index in [2.05, 4.69) is 20.6 Å². The third-order valence-electron chi connectivity index (χ3n) is 2.53. The topological polar surface area (TPSA) is 84.0 Å². The van der Waals surface area contributed by atoms with Crippen LogP contribution in [-0.2, 0) is 11.3 Å². The second kappa shape index (κ2) is 6.98. The smallest absolute Gasteiger partial charge is 0.253 e. The molecule has 2 N–H and O–H groups in total. The van der Waals surface area contributed by atoms with E-state index in [1.54, 1.807) is 30.6 Å². The van der Waals surface area contributed by atoms with Crippen molar-refractivity contribution in [3.05, 3.63) is 60.2 Å². The summed E-state index contributed by atoms with van der Waals surface area (Å²) in [4.78, 5) is 31.2. The van der Waals surface area contributed by atoms with Crippen LogP contribution in [0.1, 0.15) is 16.1 Å². The van der Waals surface area contributed by atoms with E-state index >= 15 is 0 Å². The fourth-order valence-corrected chi connectivity index (χ4v) is 1.51. The van der Waals surface area contributed by atoms with Crippen LogP contribution >= 0.6 is 0 Å². The minimum atomic E-state index is -0.328. The van der Waals surface area contributed by atoms with Crippen molar-refractivity contribution in [3.8, 4) is 0 Å². The maximum atomic E-state index is 11.7. The van der Waals surface area contributed by atoms with E-state index in [1.807, 2.05) is 12.1 Å². The molecule has 0 unspecified atom stereocenters. The van der Waals surface area contributed by atoms with Crippen molar-refractivity contribution in [2.24, 2.45) is 0 Å². The fraction of sp³-hybridized carbons (Fsp3) is 0.143. The molecule has 6 nitrogen and oxygen atoms in total. The lowest BCUT2D eigenvalue weighted by atomic mass is 10.3. The predicted octanol–water partition coefficient (Wildman–Crippen LogP) is 0.523. The Labute approximate surface area is 116 Å². The maximum Gasteiger partial charge on any atom is 0.253 e. The number of nitrogens with one attached hydrogen (secondary N) is 2. The van der Waals surface area contributed by atoms with Gasteiger partial charge in [0.2, 0.25) is 5.91 Å². The number of amides is 2. The molecule has 0 spiro atoms. The molecule has 20 heavy (non-hydrogen) atoms. The summed E-state index contributed by atoms with van der Waals surface area (Å²) in [7, 11) is 0. The number of carbonyl (C=O) groups is 2. The zero-order valence-corrected chi connectivity index (χ0v) is 10.7. The molecule has 0 bridgehead atoms. The quantitative estimate of drug-likeness (QED) is 0.829. The Morgan fingerprint density at radius 1 is 1.05 bits per heavy atom. The second-order valence-electron chi connectivity index (χ2n) is 4.02. The number of hydrogen-bond acceptors (Lipinski definition) is 4. The van der Waals surface area contributed by atoms with Crippen molar-refractivity contribution in [1.82, 2.24) is 20.6 Å². The van der Waals surface area contributed by atoms with Crippen molar-refractivity contribution in [2.75, 3.05) is 6.54 Å². The number of carbonyl (C=O) groups excluding carboxylic acids is 2. The largest absolute Gasteiger partial charge is 0.349 e. The molecule has 0 aliphatic carbocycles. The Kier molecular flexibility index (Phi) is 4.77. The summed E-state index contributed by atoms with van der Waals surface area (Å²) in [5.41, 5.74) is 1.18. The molecule has 0 aliphatic heterocycles. The molecule has 102 valence electrons. The average Bonchev–Trinajstić information content (AvgIpc) is 2.52. The van der Waals surface area contributed by atoms with E-state index in [-0.39, 0.29) is 18.4 Å². The van der Waals surface area contributed by atoms with Crippen LogP contribution in [0.4, 0.5) is 0 Å². The standard InChI is InChI=1S/C14H14N4O2/c19-13(17-9-12-5-1-2-7-16-12)10-18-14(20)11-4-3-6-15-8-11/h1-8H,9-10H2,(H,17,19)(H,18,20). The Bertz CT molecular complexity index is 572. The van der Waals surface area contributed by atoms with Gasteiger partial charge in [-0.1, -0.05) is 6.07 Å². The van der Waals surface area contributed by atoms with Gasteiger partial charge >= 0.3 is 0 Å². The monoisotopic (exact) mass is 270 g/mol. The third kappa shape index (κ3) is 4.16. The highest BCUT2D eigenvalue weighted by atomic mass is 16.2. The summed E-state index contributed by atoms with van der Waals surface area (Å²) in [5.74, 6) is -0.598. The zero-order valence-electron chi connectivity index (χ0n) is 10.7. The highest BCUT2D eigenvalue weighted by Crippen LogP contribution is 1.94. The molecule has 0 saturated carbocycles. The molecule has 6 heteroatoms. The SMILES string of the molecule is O=C(CNC(=O)c1cccnc1)NCc1ccccn1. The lowest BCUT2D eigenvalue weighted by Crippen LogP contribution is -2.36. The first-order valence-corrected chi connectivity index (χ1v) is 6.10. The van der Waals surface area contributed by atoms with Crippen LogP contribution in [-0.4, -0.2) is 28.3 Å². The molecular weight excluding hydrogens is 256 g/mol. The van der Waals surface area contributed by atoms with Gasteiger partial charge in [-0.15, -0.1) is 0 Å². The van der Waals surface area contributed by atoms with Gasteiger partial charge in [-0.2, -0.15) is 0 Å². The van der Waals surface area contributed by atoms with E-state index in [9.17, 15) is 9.59 Å². The maximum absolute atomic E-state index is 11.7. The number of hydrogen-bond donors (Lipinski definition) is 2. The van der Waals surface area contributed by atoms with Gasteiger partial charge in [0.25, 0.3) is 5.91 Å². The van der Waals surface area contributed by atoms with Gasteiger partial charge < -0.3 is 10.6 Å². The third-order valence-corrected chi connectivity index (χ3v) is 2.53. The molecule has 2 heterocycles. The first kappa shape index (κ1) is 13.7. The summed E-state index contributed by atoms with van der Waals surface area (Å²) < 4.78 is 0. The van der Waals surface area contributed by atoms with Gasteiger partial charge in [0, 0.05) is 18.6 Å². The number of aromatic nitrogens is 2. The molecule has 0 aromatic carbocycles. The molecular formula is C14H14N4O2. The lowest BCUT2D eigenvalue weighted by molar-refractivity contribution is -0.120. The van der Waals surface area contributed by atoms with Crippen molar-refractivity contribution >= 4 is 11.8 Å². The minimum absolute atomic E-state index is 0.0828. The van der Waals surface area contributed by atoms with Crippen molar-refractivity contribution in [3.63, 3.8) is 0 Å². The first-order valence-electron chi connectivity index (χ1n) is 6.10. The summed E-state index contributed by atoms with van der Waals surface area (Å²) >= 11 is 0. The molecule has 2 aromatic rings. The van der Waals surface area contributed by atoms with Crippen molar-refractivity contribution in [1.29, 1.82) is 0 Å². The molecule has 2 amide bonds. The Morgan fingerprint density at radius 3 is 2.65 bits per heavy atom. The number of pyridine rings is 2. The van der Waals surface area contributed by atoms with Crippen molar-refractivity contribution in [2.45, 2.75) is 6.54 Å². The summed E-state index contributed by atoms with van der Waals surface area (Å²) in [6, 6.07) is 8.76. The molecule has 2 aromatic heterocycles. The lowest BCUT2D eigenvalue weighted by Gasteiger charge is -2.06. The van der Waals surface area contributed by atoms with Crippen LogP contribution in [0.25, 0.3) is 0 Å². The van der Waals surface area contributed by atoms with Gasteiger partial charge in [-0.05, 0) is 24.3 Å². The second-order valence-corrected chi connectivity index (χ2v) is 4.02. The highest BCUT2D eigenvalue weighted by Gasteiger charge is 2.07. The molecule has 2 rings (SSSR count). The number of nitrogens with zero attached hydrogens (tertiary/aromatic N) is 2. The Hall–Kier alpha value is -2.76. The Balaban J connectivity index is 1.74. The molecule has 0 aliphatic rings. The van der Waals surface area contributed by atoms with Crippen LogP contribution in [0.5, 0.6) is 0 Å². The predicted molar refractivity (Wildman–Crippen MR) is 72.7 cm³/mol. The summed E-state index contributed by atoms with van der Waals surface area (Å²) in [6.45, 7) is 0.253. The summed E-state index contributed by atoms with van der Waals surface area (Å²) in [6.07, 6.45) is 4.68. The van der Waals surface area contributed by atoms with Crippen LogP contribution in [0.15, 0.2) is 48.9 Å². The normalized spacial score (nSPS) is 9.80. The molecule has 0 fully saturated rings. The molecule has 0 atom stereocenters. The van der Waals surface area contributed by atoms with Crippen LogP contribution in [0.2, 0.25) is 0 Å². The van der Waals surface area contributed by atoms with Gasteiger partial charge in [0.15, 0.2) is 0 Å². The average molecular weight is 270 g/mol. The van der Waals surface area contributed by atoms with E-state index in [0.29, 0.717) is 12.1 Å². The molecule has 0 radical (unpaired) electrons. The first-order chi connectivity index (χ1) is 9.75. The fourth-order valence-electron chi connectivity index (χ4n) is 1.51.